The molecule has 0 radical (unpaired) electrons. The fourth-order valence-electron chi connectivity index (χ4n) is 15.7. The number of aliphatic hydroxyl groups excluding tert-OH is 2. The summed E-state index contributed by atoms with van der Waals surface area (Å²) in [6.07, 6.45) is 9.46. The van der Waals surface area contributed by atoms with E-state index in [0.29, 0.717) is 24.0 Å². The number of hydrogen-bond donors (Lipinski definition) is 16. The van der Waals surface area contributed by atoms with Gasteiger partial charge in [-0.3, -0.25) is 76.7 Å². The van der Waals surface area contributed by atoms with E-state index in [9.17, 15) is 103 Å². The number of fused-ring (bicyclic) bond motifs is 3. The van der Waals surface area contributed by atoms with Crippen molar-refractivity contribution in [3.8, 4) is 0 Å². The molecule has 0 aromatic heterocycles. The molecule has 2 fully saturated rings. The van der Waals surface area contributed by atoms with Gasteiger partial charge in [0.25, 0.3) is 0 Å². The lowest BCUT2D eigenvalue weighted by Gasteiger charge is -2.30. The number of carbonyl (C=O) groups excluding carboxylic acids is 13. The van der Waals surface area contributed by atoms with Gasteiger partial charge in [-0.1, -0.05) is 161 Å². The van der Waals surface area contributed by atoms with Crippen molar-refractivity contribution in [2.45, 2.75) is 325 Å². The summed E-state index contributed by atoms with van der Waals surface area (Å²) in [6, 6.07) is -3.22. The minimum atomic E-state index is -1.97. The van der Waals surface area contributed by atoms with Crippen molar-refractivity contribution in [2.75, 3.05) is 37.7 Å². The van der Waals surface area contributed by atoms with Gasteiger partial charge in [0.1, 0.15) is 48.5 Å². The topological polar surface area (TPSA) is 552 Å². The number of aliphatic hydroxyl groups is 2. The number of carbonyl (C=O) groups is 17. The lowest BCUT2D eigenvalue weighted by atomic mass is 9.90. The quantitative estimate of drug-likeness (QED) is 0.0285. The molecule has 2 aromatic carbocycles. The van der Waals surface area contributed by atoms with Crippen molar-refractivity contribution in [1.82, 2.24) is 57.7 Å². The number of rotatable bonds is 45. The average Bonchev–Trinajstić information content (AvgIpc) is 1.80. The van der Waals surface area contributed by atoms with Crippen LogP contribution in [0.3, 0.4) is 0 Å². The third-order valence-corrected chi connectivity index (χ3v) is 24.7. The largest absolute Gasteiger partial charge is 0.481 e. The molecular formula is C88H136N12O23S2. The Labute approximate surface area is 740 Å². The first-order valence-electron chi connectivity index (χ1n) is 44.4. The zero-order valence-electron chi connectivity index (χ0n) is 73.3. The van der Waals surface area contributed by atoms with Crippen LogP contribution in [-0.4, -0.2) is 245 Å². The highest BCUT2D eigenvalue weighted by Gasteiger charge is 2.43. The molecule has 11 amide bonds. The summed E-state index contributed by atoms with van der Waals surface area (Å²) in [6.45, 7) is 9.30. The van der Waals surface area contributed by atoms with Crippen molar-refractivity contribution >= 4 is 135 Å². The first kappa shape index (κ1) is 106. The molecule has 37 heteroatoms. The Morgan fingerprint density at radius 1 is 0.592 bits per heavy atom. The molecule has 698 valence electrons. The number of hydrogen-bond acceptors (Lipinski definition) is 22. The summed E-state index contributed by atoms with van der Waals surface area (Å²) in [4.78, 5) is 239. The number of ketones is 2. The predicted octanol–water partition coefficient (Wildman–Crippen LogP) is 5.55. The summed E-state index contributed by atoms with van der Waals surface area (Å²) in [5.74, 6) is -21.4. The highest BCUT2D eigenvalue weighted by atomic mass is 32.2. The first-order valence-corrected chi connectivity index (χ1v) is 46.7. The number of benzene rings is 2. The van der Waals surface area contributed by atoms with Gasteiger partial charge in [0, 0.05) is 93.0 Å². The monoisotopic (exact) mass is 1790 g/mol. The first-order chi connectivity index (χ1) is 59.5. The number of unbranched alkanes of at least 4 members (excludes halogenated alkanes) is 14. The molecule has 35 nitrogen and oxygen atoms in total. The lowest BCUT2D eigenvalue weighted by Crippen LogP contribution is -2.59. The van der Waals surface area contributed by atoms with Crippen molar-refractivity contribution in [3.05, 3.63) is 47.5 Å². The van der Waals surface area contributed by atoms with Gasteiger partial charge >= 0.3 is 23.9 Å². The summed E-state index contributed by atoms with van der Waals surface area (Å²) in [7, 11) is 0. The molecule has 0 spiro atoms. The molecule has 3 heterocycles. The number of nitrogens with one attached hydrogen (secondary N) is 9. The average molecular weight is 1790 g/mol. The van der Waals surface area contributed by atoms with Gasteiger partial charge < -0.3 is 94.0 Å². The van der Waals surface area contributed by atoms with Gasteiger partial charge in [0.2, 0.25) is 65.0 Å². The number of nitrogens with zero attached hydrogens (tertiary/aromatic N) is 2. The minimum Gasteiger partial charge on any atom is -0.481 e. The Morgan fingerprint density at radius 2 is 1.17 bits per heavy atom. The zero-order valence-corrected chi connectivity index (χ0v) is 75.0. The smallest absolute Gasteiger partial charge is 0.326 e. The molecule has 0 bridgehead atoms. The highest BCUT2D eigenvalue weighted by molar-refractivity contribution is 7.99. The molecule has 0 saturated carbocycles. The maximum Gasteiger partial charge on any atom is 0.326 e. The molecule has 17 N–H and O–H groups in total. The van der Waals surface area contributed by atoms with Crippen LogP contribution < -0.4 is 53.6 Å². The predicted molar refractivity (Wildman–Crippen MR) is 469 cm³/mol. The summed E-state index contributed by atoms with van der Waals surface area (Å²) >= 11 is 2.16. The van der Waals surface area contributed by atoms with Crippen LogP contribution in [0, 0.1) is 23.7 Å². The van der Waals surface area contributed by atoms with Gasteiger partial charge in [-0.05, 0) is 111 Å². The second-order valence-corrected chi connectivity index (χ2v) is 36.1. The van der Waals surface area contributed by atoms with Crippen LogP contribution in [0.4, 0.5) is 0 Å². The van der Waals surface area contributed by atoms with Crippen LogP contribution in [0.5, 0.6) is 0 Å². The molecular weight excluding hydrogens is 1660 g/mol. The molecule has 3 aliphatic heterocycles. The number of amides is 11. The lowest BCUT2D eigenvalue weighted by molar-refractivity contribution is -0.149. The Kier molecular flexibility index (Phi) is 48.2. The fourth-order valence-corrected chi connectivity index (χ4v) is 17.8. The van der Waals surface area contributed by atoms with Crippen molar-refractivity contribution in [2.24, 2.45) is 29.4 Å². The van der Waals surface area contributed by atoms with E-state index in [2.05, 4.69) is 54.8 Å². The van der Waals surface area contributed by atoms with Crippen LogP contribution >= 0.6 is 23.5 Å². The van der Waals surface area contributed by atoms with E-state index in [0.717, 1.165) is 76.7 Å². The molecule has 5 rings (SSSR count). The number of carboxylic acid groups (broad SMARTS) is 4. The Balaban J connectivity index is 1.52. The van der Waals surface area contributed by atoms with Gasteiger partial charge in [-0.15, -0.1) is 0 Å². The fraction of sp³-hybridized carbons (Fsp3) is 0.693. The summed E-state index contributed by atoms with van der Waals surface area (Å²) in [5.41, 5.74) is 7.06. The van der Waals surface area contributed by atoms with E-state index in [1.54, 1.807) is 26.0 Å². The zero-order chi connectivity index (χ0) is 92.2. The maximum absolute atomic E-state index is 15.3. The summed E-state index contributed by atoms with van der Waals surface area (Å²) < 4.78 is 0. The molecule has 3 aliphatic rings. The SMILES string of the molecule is CCCCCCCCCCCCCCCCCC(=O)NCCC(=O)N[C@@H](CC(C)C)C(=O)C[C@@H](CCC(N)O)C(=O)N[C@H]1CSCc2cc3ccccc3cc2CSC[C@@H](C(=O)N[C@H](CC(C)C)C(=O)N2CCC[C@@H]2C(=O)O)NC(=O)[C@H](CCC(=O)O)NC(=O)CNC(=O)[C@H]([C@@H](C)O)NC(=O)[C@H](CCC(=O)O)CC(=O)[C@@H]2CCCN2C(=O)[C@H](CC(=O)O)NC1=O. The Bertz CT molecular complexity index is 3940. The number of thioether (sulfide) groups is 2. The van der Waals surface area contributed by atoms with Crippen LogP contribution in [0.15, 0.2) is 36.4 Å². The van der Waals surface area contributed by atoms with E-state index in [1.807, 2.05) is 38.1 Å². The van der Waals surface area contributed by atoms with Gasteiger partial charge in [0.05, 0.1) is 31.2 Å². The minimum absolute atomic E-state index is 0.00186. The number of carboxylic acids is 4. The number of aliphatic carboxylic acids is 4. The van der Waals surface area contributed by atoms with Crippen molar-refractivity contribution in [3.63, 3.8) is 0 Å². The van der Waals surface area contributed by atoms with Gasteiger partial charge in [-0.25, -0.2) is 4.79 Å². The Hall–Kier alpha value is -9.33. The van der Waals surface area contributed by atoms with E-state index < -0.39 is 225 Å². The van der Waals surface area contributed by atoms with Crippen LogP contribution in [0.1, 0.15) is 258 Å². The van der Waals surface area contributed by atoms with Gasteiger partial charge in [-0.2, -0.15) is 23.5 Å². The van der Waals surface area contributed by atoms with E-state index in [-0.39, 0.29) is 118 Å². The van der Waals surface area contributed by atoms with Crippen molar-refractivity contribution < 1.29 is 112 Å². The molecule has 1 unspecified atom stereocenters. The molecule has 0 aliphatic carbocycles. The number of likely N-dealkylation sites (tertiary alicyclic amines) is 1. The number of Topliss-reactive ketones (excluding diaryl/α,β-unsaturated/α-hetero) is 2. The standard InChI is InChI=1S/C88H136N12O23S2/c1-7-8-9-10-11-12-13-14-15-16-17-18-19-20-21-30-73(105)90-38-37-74(106)93-63(41-53(2)3)70(102)45-58(31-34-72(89)104)80(114)96-66-51-124-49-60-43-56-26-22-23-27-57(56)44-61(60)50-125-52-67(84(118)94-64(42-54(4)5)86(120)100-40-25-29-69(100)88(122)123)97-82(116)62(33-36-77(110)111)92-75(107)48-91-85(119)79(55(6)101)98-81(115)59(32-35-76(108)109)46-71(103)68-28-24-39-99(68)87(121)65(47-78(112)113)95-83(66)117/h22-23,26-27,43-44,53-55,58-59,62-69,72,79,101,104H,7-21,24-25,28-42,45-52,89H2,1-6H3,(H,90,105)(H,91,119)(H,92,107)(H,93,106)(H,94,118)(H,95,117)(H,96,114)(H,97,116)(H,98,115)(H,108,109)(H,110,111)(H,112,113)(H,122,123)/t55-,58-,59-,62+,63+,64-,65+,66+,67+,68+,69-,72?,79+/m1/s1. The summed E-state index contributed by atoms with van der Waals surface area (Å²) in [5, 5.41) is 86.0. The van der Waals surface area contributed by atoms with E-state index >= 15 is 9.59 Å². The maximum atomic E-state index is 15.3. The van der Waals surface area contributed by atoms with E-state index in [4.69, 9.17) is 5.73 Å². The van der Waals surface area contributed by atoms with Crippen LogP contribution in [0.25, 0.3) is 10.8 Å². The van der Waals surface area contributed by atoms with Crippen LogP contribution in [0.2, 0.25) is 0 Å². The third-order valence-electron chi connectivity index (χ3n) is 22.5. The Morgan fingerprint density at radius 3 is 1.74 bits per heavy atom. The highest BCUT2D eigenvalue weighted by Crippen LogP contribution is 2.31. The second kappa shape index (κ2) is 56.7. The second-order valence-electron chi connectivity index (χ2n) is 34.0. The van der Waals surface area contributed by atoms with Crippen LogP contribution in [-0.2, 0) is 93.0 Å². The normalized spacial score (nSPS) is 21.3. The molecule has 13 atom stereocenters. The third kappa shape index (κ3) is 39.2. The molecule has 125 heavy (non-hydrogen) atoms. The van der Waals surface area contributed by atoms with Crippen molar-refractivity contribution in [1.29, 1.82) is 0 Å². The van der Waals surface area contributed by atoms with E-state index in [1.165, 1.54) is 64.2 Å². The molecule has 2 saturated heterocycles. The molecule has 2 aromatic rings. The van der Waals surface area contributed by atoms with Gasteiger partial charge in [0.15, 0.2) is 11.6 Å². The number of nitrogens with two attached hydrogens (primary N) is 1.